The molecule has 1 atom stereocenters. The minimum atomic E-state index is -0.506. The summed E-state index contributed by atoms with van der Waals surface area (Å²) in [4.78, 5) is 14.6. The van der Waals surface area contributed by atoms with E-state index in [2.05, 4.69) is 31.1 Å². The third kappa shape index (κ3) is 3.98. The Labute approximate surface area is 129 Å². The molecule has 0 bridgehead atoms. The maximum absolute atomic E-state index is 12.2. The fourth-order valence-corrected chi connectivity index (χ4v) is 3.83. The second-order valence-electron chi connectivity index (χ2n) is 7.37. The molecule has 2 aliphatic rings. The van der Waals surface area contributed by atoms with E-state index in [0.29, 0.717) is 12.0 Å². The predicted octanol–water partition coefficient (Wildman–Crippen LogP) is 2.13. The quantitative estimate of drug-likeness (QED) is 0.721. The number of hydrogen-bond acceptors (Lipinski definition) is 3. The average Bonchev–Trinajstić information content (AvgIpc) is 3.28. The van der Waals surface area contributed by atoms with Crippen molar-refractivity contribution in [2.24, 2.45) is 17.6 Å². The lowest BCUT2D eigenvalue weighted by atomic mass is 9.85. The normalized spacial score (nSPS) is 29.3. The molecular weight excluding hydrogens is 262 g/mol. The van der Waals surface area contributed by atoms with Crippen LogP contribution in [0.5, 0.6) is 0 Å². The molecule has 0 aliphatic heterocycles. The van der Waals surface area contributed by atoms with Crippen molar-refractivity contribution in [3.8, 4) is 0 Å². The number of carbonyl (C=O) groups excluding carboxylic acids is 1. The van der Waals surface area contributed by atoms with Crippen LogP contribution in [0.3, 0.4) is 0 Å². The Morgan fingerprint density at radius 3 is 2.33 bits per heavy atom. The van der Waals surface area contributed by atoms with Crippen LogP contribution in [-0.4, -0.2) is 42.5 Å². The van der Waals surface area contributed by atoms with E-state index in [1.54, 1.807) is 0 Å². The molecule has 122 valence electrons. The van der Waals surface area contributed by atoms with Crippen LogP contribution < -0.4 is 11.1 Å². The van der Waals surface area contributed by atoms with Gasteiger partial charge in [-0.05, 0) is 70.4 Å². The summed E-state index contributed by atoms with van der Waals surface area (Å²) in [6.45, 7) is 6.12. The van der Waals surface area contributed by atoms with Crippen molar-refractivity contribution in [2.45, 2.75) is 70.4 Å². The molecule has 1 unspecified atom stereocenters. The molecule has 2 rings (SSSR count). The average molecular weight is 295 g/mol. The van der Waals surface area contributed by atoms with Crippen LogP contribution in [0.4, 0.5) is 0 Å². The van der Waals surface area contributed by atoms with E-state index < -0.39 is 5.54 Å². The lowest BCUT2D eigenvalue weighted by Crippen LogP contribution is -2.64. The van der Waals surface area contributed by atoms with Crippen molar-refractivity contribution < 1.29 is 4.79 Å². The molecule has 0 aromatic carbocycles. The largest absolute Gasteiger partial charge is 0.368 e. The van der Waals surface area contributed by atoms with Gasteiger partial charge in [-0.2, -0.15) is 0 Å². The molecule has 4 nitrogen and oxygen atoms in total. The van der Waals surface area contributed by atoms with Gasteiger partial charge in [-0.15, -0.1) is 0 Å². The highest BCUT2D eigenvalue weighted by atomic mass is 16.1. The van der Waals surface area contributed by atoms with Gasteiger partial charge in [-0.3, -0.25) is 4.79 Å². The number of carbonyl (C=O) groups is 1. The Morgan fingerprint density at radius 2 is 1.86 bits per heavy atom. The minimum Gasteiger partial charge on any atom is -0.368 e. The standard InChI is InChI=1S/C17H33N3O/c1-4-11-19-17(16(18)21,14-7-8-14)12-20(3)15-9-5-13(2)6-10-15/h13-15,19H,4-12H2,1-3H3,(H2,18,21). The Balaban J connectivity index is 2.01. The van der Waals surface area contributed by atoms with Crippen molar-refractivity contribution in [1.82, 2.24) is 10.2 Å². The molecular formula is C17H33N3O. The van der Waals surface area contributed by atoms with Crippen molar-refractivity contribution in [1.29, 1.82) is 0 Å². The third-order valence-corrected chi connectivity index (χ3v) is 5.51. The second-order valence-corrected chi connectivity index (χ2v) is 7.37. The molecule has 0 radical (unpaired) electrons. The molecule has 2 saturated carbocycles. The van der Waals surface area contributed by atoms with Gasteiger partial charge in [0, 0.05) is 12.6 Å². The van der Waals surface area contributed by atoms with Crippen LogP contribution >= 0.6 is 0 Å². The zero-order valence-corrected chi connectivity index (χ0v) is 14.0. The summed E-state index contributed by atoms with van der Waals surface area (Å²) in [5, 5.41) is 3.51. The lowest BCUT2D eigenvalue weighted by molar-refractivity contribution is -0.126. The van der Waals surface area contributed by atoms with Gasteiger partial charge in [-0.25, -0.2) is 0 Å². The fourth-order valence-electron chi connectivity index (χ4n) is 3.83. The number of rotatable bonds is 8. The molecule has 3 N–H and O–H groups in total. The first-order valence-electron chi connectivity index (χ1n) is 8.74. The molecule has 2 fully saturated rings. The summed E-state index contributed by atoms with van der Waals surface area (Å²) in [5.74, 6) is 1.14. The van der Waals surface area contributed by atoms with Crippen LogP contribution in [0, 0.1) is 11.8 Å². The molecule has 0 aromatic heterocycles. The van der Waals surface area contributed by atoms with Crippen LogP contribution in [-0.2, 0) is 4.79 Å². The van der Waals surface area contributed by atoms with Crippen LogP contribution in [0.15, 0.2) is 0 Å². The Morgan fingerprint density at radius 1 is 1.24 bits per heavy atom. The summed E-state index contributed by atoms with van der Waals surface area (Å²) in [6.07, 6.45) is 8.43. The lowest BCUT2D eigenvalue weighted by Gasteiger charge is -2.41. The number of nitrogens with one attached hydrogen (secondary N) is 1. The van der Waals surface area contributed by atoms with E-state index in [1.807, 2.05) is 0 Å². The van der Waals surface area contributed by atoms with Gasteiger partial charge >= 0.3 is 0 Å². The maximum Gasteiger partial charge on any atom is 0.239 e. The Hall–Kier alpha value is -0.610. The number of hydrogen-bond donors (Lipinski definition) is 2. The van der Waals surface area contributed by atoms with Crippen LogP contribution in [0.2, 0.25) is 0 Å². The molecule has 0 spiro atoms. The van der Waals surface area contributed by atoms with Gasteiger partial charge in [0.1, 0.15) is 5.54 Å². The van der Waals surface area contributed by atoms with Crippen LogP contribution in [0.25, 0.3) is 0 Å². The van der Waals surface area contributed by atoms with Crippen molar-refractivity contribution in [2.75, 3.05) is 20.1 Å². The molecule has 4 heteroatoms. The van der Waals surface area contributed by atoms with Crippen molar-refractivity contribution in [3.05, 3.63) is 0 Å². The predicted molar refractivity (Wildman–Crippen MR) is 87.0 cm³/mol. The van der Waals surface area contributed by atoms with E-state index in [9.17, 15) is 4.79 Å². The molecule has 21 heavy (non-hydrogen) atoms. The zero-order valence-electron chi connectivity index (χ0n) is 14.0. The van der Waals surface area contributed by atoms with Crippen molar-refractivity contribution in [3.63, 3.8) is 0 Å². The summed E-state index contributed by atoms with van der Waals surface area (Å²) in [7, 11) is 2.17. The molecule has 0 saturated heterocycles. The number of nitrogens with two attached hydrogens (primary N) is 1. The highest BCUT2D eigenvalue weighted by molar-refractivity contribution is 5.86. The first-order valence-corrected chi connectivity index (χ1v) is 8.74. The van der Waals surface area contributed by atoms with E-state index in [4.69, 9.17) is 5.73 Å². The molecule has 0 aromatic rings. The first kappa shape index (κ1) is 16.8. The van der Waals surface area contributed by atoms with Gasteiger partial charge in [0.05, 0.1) is 0 Å². The molecule has 1 amide bonds. The van der Waals surface area contributed by atoms with Gasteiger partial charge in [0.2, 0.25) is 5.91 Å². The van der Waals surface area contributed by atoms with E-state index >= 15 is 0 Å². The Bertz CT molecular complexity index is 348. The molecule has 0 heterocycles. The summed E-state index contributed by atoms with van der Waals surface area (Å²) in [5.41, 5.74) is 5.32. The van der Waals surface area contributed by atoms with Gasteiger partial charge in [0.25, 0.3) is 0 Å². The highest BCUT2D eigenvalue weighted by Crippen LogP contribution is 2.41. The van der Waals surface area contributed by atoms with E-state index in [-0.39, 0.29) is 5.91 Å². The number of amides is 1. The number of likely N-dealkylation sites (N-methyl/N-ethyl adjacent to an activating group) is 1. The zero-order chi connectivity index (χ0) is 15.5. The topological polar surface area (TPSA) is 58.4 Å². The highest BCUT2D eigenvalue weighted by Gasteiger charge is 2.50. The number of primary amides is 1. The monoisotopic (exact) mass is 295 g/mol. The van der Waals surface area contributed by atoms with Crippen molar-refractivity contribution >= 4 is 5.91 Å². The molecule has 2 aliphatic carbocycles. The summed E-state index contributed by atoms with van der Waals surface area (Å²) >= 11 is 0. The summed E-state index contributed by atoms with van der Waals surface area (Å²) in [6, 6.07) is 0.613. The Kier molecular flexibility index (Phi) is 5.67. The summed E-state index contributed by atoms with van der Waals surface area (Å²) < 4.78 is 0. The van der Waals surface area contributed by atoms with Crippen LogP contribution in [0.1, 0.15) is 58.8 Å². The van der Waals surface area contributed by atoms with Gasteiger partial charge in [-0.1, -0.05) is 13.8 Å². The second kappa shape index (κ2) is 7.10. The minimum absolute atomic E-state index is 0.158. The first-order chi connectivity index (χ1) is 9.99. The fraction of sp³-hybridized carbons (Fsp3) is 0.941. The third-order valence-electron chi connectivity index (χ3n) is 5.51. The van der Waals surface area contributed by atoms with Gasteiger partial charge < -0.3 is 16.0 Å². The van der Waals surface area contributed by atoms with E-state index in [1.165, 1.54) is 25.7 Å². The number of nitrogens with zero attached hydrogens (tertiary/aromatic N) is 1. The van der Waals surface area contributed by atoms with Gasteiger partial charge in [0.15, 0.2) is 0 Å². The SMILES string of the molecule is CCCNC(CN(C)C1CCC(C)CC1)(C(N)=O)C1CC1. The maximum atomic E-state index is 12.2. The van der Waals surface area contributed by atoms with E-state index in [0.717, 1.165) is 38.3 Å². The smallest absolute Gasteiger partial charge is 0.239 e.